The average molecular weight is 359 g/mol. The number of aliphatic hydroxyl groups excluding tert-OH is 1. The van der Waals surface area contributed by atoms with Crippen molar-refractivity contribution in [1.29, 1.82) is 0 Å². The van der Waals surface area contributed by atoms with E-state index in [1.165, 1.54) is 12.1 Å². The molecule has 0 bridgehead atoms. The molecular formula is C16H25NO8. The van der Waals surface area contributed by atoms with Crippen LogP contribution in [0.2, 0.25) is 0 Å². The number of hydrogen-bond acceptors (Lipinski definition) is 8. The first-order valence-electron chi connectivity index (χ1n) is 8.03. The van der Waals surface area contributed by atoms with Crippen molar-refractivity contribution >= 4 is 5.69 Å². The fourth-order valence-corrected chi connectivity index (χ4v) is 1.71. The van der Waals surface area contributed by atoms with Gasteiger partial charge in [0.25, 0.3) is 5.69 Å². The average Bonchev–Trinajstić information content (AvgIpc) is 2.62. The van der Waals surface area contributed by atoms with E-state index in [-0.39, 0.29) is 12.3 Å². The maximum absolute atomic E-state index is 10.5. The number of aliphatic hydroxyl groups is 1. The number of benzene rings is 1. The minimum Gasteiger partial charge on any atom is -0.491 e. The van der Waals surface area contributed by atoms with Crippen LogP contribution < -0.4 is 4.74 Å². The lowest BCUT2D eigenvalue weighted by Crippen LogP contribution is -2.14. The molecule has 0 fully saturated rings. The molecule has 0 aliphatic heterocycles. The second-order valence-electron chi connectivity index (χ2n) is 4.77. The second-order valence-corrected chi connectivity index (χ2v) is 4.77. The smallest absolute Gasteiger partial charge is 0.269 e. The first-order valence-corrected chi connectivity index (χ1v) is 8.03. The highest BCUT2D eigenvalue weighted by atomic mass is 16.6. The Labute approximate surface area is 146 Å². The molecule has 0 radical (unpaired) electrons. The number of hydrogen-bond donors (Lipinski definition) is 1. The Bertz CT molecular complexity index is 454. The van der Waals surface area contributed by atoms with Gasteiger partial charge in [-0.2, -0.15) is 0 Å². The fraction of sp³-hybridized carbons (Fsp3) is 0.625. The zero-order chi connectivity index (χ0) is 18.2. The third kappa shape index (κ3) is 11.4. The molecule has 1 aromatic carbocycles. The summed E-state index contributed by atoms with van der Waals surface area (Å²) in [6.45, 7) is 3.89. The van der Waals surface area contributed by atoms with Gasteiger partial charge in [0.15, 0.2) is 0 Å². The van der Waals surface area contributed by atoms with Crippen molar-refractivity contribution in [2.24, 2.45) is 0 Å². The van der Waals surface area contributed by atoms with Crippen molar-refractivity contribution in [2.75, 3.05) is 66.1 Å². The Morgan fingerprint density at radius 2 is 1.20 bits per heavy atom. The van der Waals surface area contributed by atoms with Crippen LogP contribution in [0.15, 0.2) is 24.3 Å². The van der Waals surface area contributed by atoms with Crippen molar-refractivity contribution in [3.63, 3.8) is 0 Å². The Morgan fingerprint density at radius 3 is 1.64 bits per heavy atom. The van der Waals surface area contributed by atoms with Gasteiger partial charge in [-0.3, -0.25) is 10.1 Å². The second kappa shape index (κ2) is 14.6. The summed E-state index contributed by atoms with van der Waals surface area (Å²) in [5, 5.41) is 19.0. The molecule has 0 amide bonds. The molecule has 1 rings (SSSR count). The largest absolute Gasteiger partial charge is 0.491 e. The van der Waals surface area contributed by atoms with Gasteiger partial charge in [-0.25, -0.2) is 0 Å². The van der Waals surface area contributed by atoms with Crippen molar-refractivity contribution in [2.45, 2.75) is 0 Å². The molecule has 0 heterocycles. The SMILES string of the molecule is O=[N+]([O-])c1ccc(OCCOCCOCCOCCOCCO)cc1. The molecule has 1 N–H and O–H groups in total. The molecule has 1 aromatic rings. The van der Waals surface area contributed by atoms with E-state index >= 15 is 0 Å². The Hall–Kier alpha value is -1.78. The van der Waals surface area contributed by atoms with Crippen LogP contribution in [0.5, 0.6) is 5.75 Å². The number of ether oxygens (including phenoxy) is 5. The van der Waals surface area contributed by atoms with Gasteiger partial charge < -0.3 is 28.8 Å². The molecule has 0 spiro atoms. The van der Waals surface area contributed by atoms with E-state index in [9.17, 15) is 10.1 Å². The Morgan fingerprint density at radius 1 is 0.760 bits per heavy atom. The molecule has 0 atom stereocenters. The molecule has 142 valence electrons. The van der Waals surface area contributed by atoms with E-state index in [0.29, 0.717) is 65.2 Å². The molecule has 9 nitrogen and oxygen atoms in total. The zero-order valence-electron chi connectivity index (χ0n) is 14.1. The van der Waals surface area contributed by atoms with Gasteiger partial charge in [0.05, 0.1) is 64.4 Å². The number of nitro groups is 1. The summed E-state index contributed by atoms with van der Waals surface area (Å²) >= 11 is 0. The lowest BCUT2D eigenvalue weighted by molar-refractivity contribution is -0.384. The molecule has 9 heteroatoms. The van der Waals surface area contributed by atoms with Crippen LogP contribution in [0, 0.1) is 10.1 Å². The molecule has 0 aromatic heterocycles. The predicted octanol–water partition coefficient (Wildman–Crippen LogP) is 1.03. The third-order valence-corrected chi connectivity index (χ3v) is 2.90. The lowest BCUT2D eigenvalue weighted by atomic mass is 10.3. The normalized spacial score (nSPS) is 10.8. The van der Waals surface area contributed by atoms with Crippen LogP contribution in [-0.4, -0.2) is 76.1 Å². The van der Waals surface area contributed by atoms with Crippen molar-refractivity contribution in [3.05, 3.63) is 34.4 Å². The Kier molecular flexibility index (Phi) is 12.4. The monoisotopic (exact) mass is 359 g/mol. The molecule has 0 aliphatic carbocycles. The standard InChI is InChI=1S/C16H25NO8/c18-5-6-21-7-8-22-9-10-23-11-12-24-13-14-25-16-3-1-15(2-4-16)17(19)20/h1-4,18H,5-14H2. The number of nitrogens with zero attached hydrogens (tertiary/aromatic N) is 1. The van der Waals surface area contributed by atoms with Crippen LogP contribution in [0.1, 0.15) is 0 Å². The maximum atomic E-state index is 10.5. The van der Waals surface area contributed by atoms with Gasteiger partial charge >= 0.3 is 0 Å². The lowest BCUT2D eigenvalue weighted by Gasteiger charge is -2.08. The molecule has 0 unspecified atom stereocenters. The molecule has 0 aliphatic rings. The minimum absolute atomic E-state index is 0.0159. The van der Waals surface area contributed by atoms with E-state index in [0.717, 1.165) is 0 Å². The van der Waals surface area contributed by atoms with E-state index in [2.05, 4.69) is 0 Å². The quantitative estimate of drug-likeness (QED) is 0.265. The first kappa shape index (κ1) is 21.3. The summed E-state index contributed by atoms with van der Waals surface area (Å²) in [6.07, 6.45) is 0. The summed E-state index contributed by atoms with van der Waals surface area (Å²) < 4.78 is 26.4. The highest BCUT2D eigenvalue weighted by Crippen LogP contribution is 2.16. The van der Waals surface area contributed by atoms with Crippen LogP contribution in [0.25, 0.3) is 0 Å². The topological polar surface area (TPSA) is 110 Å². The van der Waals surface area contributed by atoms with Crippen molar-refractivity contribution in [3.8, 4) is 5.75 Å². The number of rotatable bonds is 16. The third-order valence-electron chi connectivity index (χ3n) is 2.90. The minimum atomic E-state index is -0.455. The maximum Gasteiger partial charge on any atom is 0.269 e. The molecule has 0 saturated carbocycles. The fourth-order valence-electron chi connectivity index (χ4n) is 1.71. The molecule has 25 heavy (non-hydrogen) atoms. The highest BCUT2D eigenvalue weighted by molar-refractivity contribution is 5.35. The van der Waals surface area contributed by atoms with Gasteiger partial charge in [0.1, 0.15) is 12.4 Å². The van der Waals surface area contributed by atoms with E-state index in [4.69, 9.17) is 28.8 Å². The summed E-state index contributed by atoms with van der Waals surface area (Å²) in [6, 6.07) is 5.89. The van der Waals surface area contributed by atoms with Gasteiger partial charge in [-0.05, 0) is 12.1 Å². The summed E-state index contributed by atoms with van der Waals surface area (Å²) in [4.78, 5) is 10.1. The predicted molar refractivity (Wildman–Crippen MR) is 89.0 cm³/mol. The van der Waals surface area contributed by atoms with Crippen LogP contribution in [-0.2, 0) is 18.9 Å². The van der Waals surface area contributed by atoms with E-state index < -0.39 is 4.92 Å². The number of non-ortho nitro benzene ring substituents is 1. The van der Waals surface area contributed by atoms with E-state index in [1.54, 1.807) is 12.1 Å². The molecular weight excluding hydrogens is 334 g/mol. The highest BCUT2D eigenvalue weighted by Gasteiger charge is 2.04. The summed E-state index contributed by atoms with van der Waals surface area (Å²) in [7, 11) is 0. The first-order chi connectivity index (χ1) is 12.2. The van der Waals surface area contributed by atoms with Gasteiger partial charge in [-0.15, -0.1) is 0 Å². The number of nitro benzene ring substituents is 1. The van der Waals surface area contributed by atoms with Crippen LogP contribution in [0.4, 0.5) is 5.69 Å². The van der Waals surface area contributed by atoms with E-state index in [1.807, 2.05) is 0 Å². The van der Waals surface area contributed by atoms with Gasteiger partial charge in [-0.1, -0.05) is 0 Å². The zero-order valence-corrected chi connectivity index (χ0v) is 14.1. The Balaban J connectivity index is 1.85. The van der Waals surface area contributed by atoms with Gasteiger partial charge in [0, 0.05) is 12.1 Å². The van der Waals surface area contributed by atoms with Crippen molar-refractivity contribution < 1.29 is 33.7 Å². The summed E-state index contributed by atoms with van der Waals surface area (Å²) in [5.74, 6) is 0.561. The van der Waals surface area contributed by atoms with Crippen LogP contribution >= 0.6 is 0 Å². The van der Waals surface area contributed by atoms with Crippen molar-refractivity contribution in [1.82, 2.24) is 0 Å². The van der Waals surface area contributed by atoms with Crippen LogP contribution in [0.3, 0.4) is 0 Å². The van der Waals surface area contributed by atoms with Gasteiger partial charge in [0.2, 0.25) is 0 Å². The summed E-state index contributed by atoms with van der Waals surface area (Å²) in [5.41, 5.74) is 0.0300. The molecule has 0 saturated heterocycles.